The molecular weight excluding hydrogens is 395 g/mol. The average molecular weight is 419 g/mol. The van der Waals surface area contributed by atoms with E-state index in [0.717, 1.165) is 34.6 Å². The fourth-order valence-electron chi connectivity index (χ4n) is 3.15. The average Bonchev–Trinajstić information content (AvgIpc) is 2.99. The first-order valence-electron chi connectivity index (χ1n) is 9.44. The Bertz CT molecular complexity index is 966. The number of hydrogen-bond donors (Lipinski definition) is 0. The van der Waals surface area contributed by atoms with Gasteiger partial charge in [0.05, 0.1) is 24.2 Å². The summed E-state index contributed by atoms with van der Waals surface area (Å²) in [4.78, 5) is 17.3. The van der Waals surface area contributed by atoms with Crippen molar-refractivity contribution in [3.8, 4) is 17.1 Å². The van der Waals surface area contributed by atoms with Gasteiger partial charge in [0.15, 0.2) is 5.78 Å². The van der Waals surface area contributed by atoms with Crippen LogP contribution < -0.4 is 4.74 Å². The number of ether oxygens (including phenoxy) is 1. The Labute approximate surface area is 175 Å². The lowest BCUT2D eigenvalue weighted by atomic mass is 10.1. The molecule has 0 bridgehead atoms. The molecule has 0 saturated carbocycles. The Morgan fingerprint density at radius 3 is 2.75 bits per heavy atom. The summed E-state index contributed by atoms with van der Waals surface area (Å²) in [5, 5.41) is 0.634. The second-order valence-corrected chi connectivity index (χ2v) is 8.02. The van der Waals surface area contributed by atoms with Gasteiger partial charge in [-0.1, -0.05) is 37.6 Å². The number of nitrogens with zero attached hydrogens (tertiary/aromatic N) is 2. The van der Waals surface area contributed by atoms with Crippen molar-refractivity contribution in [1.82, 2.24) is 9.55 Å². The van der Waals surface area contributed by atoms with Gasteiger partial charge in [-0.25, -0.2) is 4.98 Å². The van der Waals surface area contributed by atoms with Crippen LogP contribution in [0.15, 0.2) is 42.5 Å². The van der Waals surface area contributed by atoms with Crippen LogP contribution in [0.1, 0.15) is 26.7 Å². The number of ketones is 1. The van der Waals surface area contributed by atoms with Crippen molar-refractivity contribution in [3.05, 3.63) is 47.5 Å². The number of fused-ring (bicyclic) bond motifs is 1. The van der Waals surface area contributed by atoms with Gasteiger partial charge in [0.25, 0.3) is 0 Å². The van der Waals surface area contributed by atoms with E-state index in [1.54, 1.807) is 0 Å². The monoisotopic (exact) mass is 418 g/mol. The van der Waals surface area contributed by atoms with Gasteiger partial charge in [-0.05, 0) is 36.6 Å². The largest absolute Gasteiger partial charge is 0.493 e. The summed E-state index contributed by atoms with van der Waals surface area (Å²) in [6.07, 6.45) is 1.32. The van der Waals surface area contributed by atoms with Crippen molar-refractivity contribution in [2.24, 2.45) is 5.92 Å². The van der Waals surface area contributed by atoms with Gasteiger partial charge < -0.3 is 9.30 Å². The first-order valence-corrected chi connectivity index (χ1v) is 10.4. The Balaban J connectivity index is 2.02. The summed E-state index contributed by atoms with van der Waals surface area (Å²) in [6.45, 7) is 4.94. The number of rotatable bonds is 9. The number of imidazole rings is 1. The normalized spacial score (nSPS) is 11.3. The molecule has 0 amide bonds. The molecule has 0 unspecified atom stereocenters. The summed E-state index contributed by atoms with van der Waals surface area (Å²) in [6, 6.07) is 13.3. The van der Waals surface area contributed by atoms with E-state index in [-0.39, 0.29) is 12.3 Å². The van der Waals surface area contributed by atoms with Crippen LogP contribution in [0.2, 0.25) is 5.02 Å². The van der Waals surface area contributed by atoms with Crippen molar-refractivity contribution < 1.29 is 9.53 Å². The molecule has 0 N–H and O–H groups in total. The smallest absolute Gasteiger partial charge is 0.152 e. The van der Waals surface area contributed by atoms with Crippen molar-refractivity contribution in [2.75, 3.05) is 12.5 Å². The Hall–Kier alpha value is -2.04. The van der Waals surface area contributed by atoms with Crippen LogP contribution >= 0.6 is 23.2 Å². The second-order valence-electron chi connectivity index (χ2n) is 7.21. The minimum absolute atomic E-state index is 0.181. The summed E-state index contributed by atoms with van der Waals surface area (Å²) in [5.41, 5.74) is 2.57. The van der Waals surface area contributed by atoms with Gasteiger partial charge in [0, 0.05) is 29.0 Å². The number of benzene rings is 2. The maximum absolute atomic E-state index is 12.5. The van der Waals surface area contributed by atoms with E-state index in [0.29, 0.717) is 29.8 Å². The van der Waals surface area contributed by atoms with Crippen LogP contribution in [0.25, 0.3) is 22.4 Å². The van der Waals surface area contributed by atoms with E-state index in [1.807, 2.05) is 60.9 Å². The number of halogens is 2. The zero-order valence-electron chi connectivity index (χ0n) is 16.1. The van der Waals surface area contributed by atoms with E-state index in [2.05, 4.69) is 0 Å². The van der Waals surface area contributed by atoms with Crippen LogP contribution in [0.4, 0.5) is 0 Å². The van der Waals surface area contributed by atoms with Crippen LogP contribution in [-0.4, -0.2) is 27.8 Å². The zero-order valence-corrected chi connectivity index (χ0v) is 17.6. The van der Waals surface area contributed by atoms with E-state index in [1.165, 1.54) is 0 Å². The third kappa shape index (κ3) is 5.06. The predicted octanol–water partition coefficient (Wildman–Crippen LogP) is 5.98. The highest BCUT2D eigenvalue weighted by atomic mass is 35.5. The SMILES string of the molecule is CC(C)CC(=O)Cn1c(-c2cccc(Cl)c2)nc2cc(OCCCCl)ccc21. The fourth-order valence-corrected chi connectivity index (χ4v) is 3.45. The summed E-state index contributed by atoms with van der Waals surface area (Å²) < 4.78 is 7.71. The lowest BCUT2D eigenvalue weighted by Crippen LogP contribution is -2.13. The quantitative estimate of drug-likeness (QED) is 0.317. The molecule has 2 aromatic carbocycles. The molecule has 0 aliphatic rings. The van der Waals surface area contributed by atoms with Gasteiger partial charge in [0.1, 0.15) is 11.6 Å². The van der Waals surface area contributed by atoms with Gasteiger partial charge in [-0.15, -0.1) is 11.6 Å². The molecule has 0 saturated heterocycles. The minimum atomic E-state index is 0.181. The molecule has 4 nitrogen and oxygen atoms in total. The maximum atomic E-state index is 12.5. The van der Waals surface area contributed by atoms with Crippen LogP contribution in [0, 0.1) is 5.92 Å². The molecule has 0 radical (unpaired) electrons. The second kappa shape index (κ2) is 9.44. The van der Waals surface area contributed by atoms with E-state index in [9.17, 15) is 4.79 Å². The zero-order chi connectivity index (χ0) is 20.1. The summed E-state index contributed by atoms with van der Waals surface area (Å²) in [5.74, 6) is 2.54. The predicted molar refractivity (Wildman–Crippen MR) is 115 cm³/mol. The molecule has 1 heterocycles. The summed E-state index contributed by atoms with van der Waals surface area (Å²) >= 11 is 11.9. The molecular formula is C22H24Cl2N2O2. The molecule has 28 heavy (non-hydrogen) atoms. The molecule has 1 aromatic heterocycles. The molecule has 0 aliphatic carbocycles. The Morgan fingerprint density at radius 2 is 2.04 bits per heavy atom. The van der Waals surface area contributed by atoms with Gasteiger partial charge in [-0.2, -0.15) is 0 Å². The maximum Gasteiger partial charge on any atom is 0.152 e. The summed E-state index contributed by atoms with van der Waals surface area (Å²) in [7, 11) is 0. The molecule has 3 aromatic rings. The van der Waals surface area contributed by atoms with Crippen LogP contribution in [0.5, 0.6) is 5.75 Å². The van der Waals surface area contributed by atoms with Crippen molar-refractivity contribution in [1.29, 1.82) is 0 Å². The Morgan fingerprint density at radius 1 is 1.21 bits per heavy atom. The van der Waals surface area contributed by atoms with E-state index >= 15 is 0 Å². The molecule has 148 valence electrons. The third-order valence-corrected chi connectivity index (χ3v) is 4.82. The number of aromatic nitrogens is 2. The van der Waals surface area contributed by atoms with Gasteiger partial charge in [0.2, 0.25) is 0 Å². The lowest BCUT2D eigenvalue weighted by molar-refractivity contribution is -0.120. The highest BCUT2D eigenvalue weighted by molar-refractivity contribution is 6.30. The highest BCUT2D eigenvalue weighted by Gasteiger charge is 2.17. The van der Waals surface area contributed by atoms with E-state index < -0.39 is 0 Å². The first kappa shape index (κ1) is 20.7. The van der Waals surface area contributed by atoms with Gasteiger partial charge >= 0.3 is 0 Å². The van der Waals surface area contributed by atoms with Crippen LogP contribution in [0.3, 0.4) is 0 Å². The molecule has 0 atom stereocenters. The standard InChI is InChI=1S/C22H24Cl2N2O2/c1-15(2)11-18(27)14-26-21-8-7-19(28-10-4-9-23)13-20(21)25-22(26)16-5-3-6-17(24)12-16/h3,5-8,12-13,15H,4,9-11,14H2,1-2H3. The van der Waals surface area contributed by atoms with Gasteiger partial charge in [-0.3, -0.25) is 4.79 Å². The molecule has 0 fully saturated rings. The number of carbonyl (C=O) groups excluding carboxylic acids is 1. The minimum Gasteiger partial charge on any atom is -0.493 e. The molecule has 6 heteroatoms. The van der Waals surface area contributed by atoms with E-state index in [4.69, 9.17) is 32.9 Å². The van der Waals surface area contributed by atoms with Crippen LogP contribution in [-0.2, 0) is 11.3 Å². The topological polar surface area (TPSA) is 44.1 Å². The number of Topliss-reactive ketones (excluding diaryl/α,β-unsaturated/α-hetero) is 1. The molecule has 3 rings (SSSR count). The lowest BCUT2D eigenvalue weighted by Gasteiger charge is -2.10. The number of alkyl halides is 1. The molecule has 0 spiro atoms. The fraction of sp³-hybridized carbons (Fsp3) is 0.364. The number of hydrogen-bond acceptors (Lipinski definition) is 3. The van der Waals surface area contributed by atoms with Crippen molar-refractivity contribution >= 4 is 40.0 Å². The Kier molecular flexibility index (Phi) is 6.97. The highest BCUT2D eigenvalue weighted by Crippen LogP contribution is 2.29. The first-order chi connectivity index (χ1) is 13.5. The number of carbonyl (C=O) groups is 1. The molecule has 0 aliphatic heterocycles. The van der Waals surface area contributed by atoms with Crippen molar-refractivity contribution in [3.63, 3.8) is 0 Å². The third-order valence-electron chi connectivity index (χ3n) is 4.32. The van der Waals surface area contributed by atoms with Crippen molar-refractivity contribution in [2.45, 2.75) is 33.2 Å².